The van der Waals surface area contributed by atoms with Crippen molar-refractivity contribution in [3.05, 3.63) is 64.9 Å². The van der Waals surface area contributed by atoms with Gasteiger partial charge >= 0.3 is 6.09 Å². The van der Waals surface area contributed by atoms with Crippen molar-refractivity contribution < 1.29 is 22.7 Å². The zero-order valence-corrected chi connectivity index (χ0v) is 25.8. The predicted octanol–water partition coefficient (Wildman–Crippen LogP) is 5.37. The number of alkyl carbamates (subject to hydrolysis) is 1. The quantitative estimate of drug-likeness (QED) is 0.274. The van der Waals surface area contributed by atoms with Crippen LogP contribution in [-0.2, 0) is 27.6 Å². The topological polar surface area (TPSA) is 144 Å². The standard InChI is InChI=1S/C29H37ClN6O5S/c1-29(2,3)41-28(37)34-22-14-12-21(13-15-22)33-27-31-17-19(18-32-27)9-10-20-11-16-25(35-26(20)40-4)36-42(38,39)24-8-6-5-7-23(24)30/h5-8,11,16-18,21-22H,9-10,12-15H2,1-4H3,(H,34,37)(H,35,36)(H,31,32,33). The van der Waals surface area contributed by atoms with Gasteiger partial charge in [0, 0.05) is 30.0 Å². The average Bonchev–Trinajstić information content (AvgIpc) is 2.93. The highest BCUT2D eigenvalue weighted by atomic mass is 35.5. The third kappa shape index (κ3) is 8.93. The first-order valence-electron chi connectivity index (χ1n) is 13.8. The van der Waals surface area contributed by atoms with E-state index >= 15 is 0 Å². The molecule has 0 aliphatic heterocycles. The van der Waals surface area contributed by atoms with Gasteiger partial charge in [0.1, 0.15) is 16.3 Å². The number of aromatic nitrogens is 3. The summed E-state index contributed by atoms with van der Waals surface area (Å²) in [5, 5.41) is 6.47. The van der Waals surface area contributed by atoms with Crippen LogP contribution in [-0.4, -0.2) is 54.3 Å². The number of anilines is 2. The van der Waals surface area contributed by atoms with Gasteiger partial charge in [-0.25, -0.2) is 23.2 Å². The van der Waals surface area contributed by atoms with Crippen molar-refractivity contribution in [2.75, 3.05) is 17.1 Å². The van der Waals surface area contributed by atoms with E-state index in [0.29, 0.717) is 24.7 Å². The Morgan fingerprint density at radius 3 is 2.31 bits per heavy atom. The first kappa shape index (κ1) is 31.3. The molecule has 1 fully saturated rings. The van der Waals surface area contributed by atoms with Gasteiger partial charge in [0.2, 0.25) is 11.8 Å². The number of aryl methyl sites for hydroxylation is 2. The number of sulfonamides is 1. The van der Waals surface area contributed by atoms with Crippen molar-refractivity contribution in [1.29, 1.82) is 0 Å². The molecule has 0 bridgehead atoms. The molecule has 4 rings (SSSR count). The molecule has 0 unspecified atom stereocenters. The van der Waals surface area contributed by atoms with E-state index in [1.165, 1.54) is 19.2 Å². The molecule has 1 aliphatic carbocycles. The molecule has 13 heteroatoms. The number of carbonyl (C=O) groups is 1. The van der Waals surface area contributed by atoms with E-state index in [-0.39, 0.29) is 33.9 Å². The Kier molecular flexibility index (Phi) is 10.1. The molecular weight excluding hydrogens is 580 g/mol. The maximum atomic E-state index is 12.8. The molecule has 3 aromatic rings. The molecule has 0 spiro atoms. The lowest BCUT2D eigenvalue weighted by Crippen LogP contribution is -2.42. The van der Waals surface area contributed by atoms with Crippen LogP contribution >= 0.6 is 11.6 Å². The summed E-state index contributed by atoms with van der Waals surface area (Å²) in [6.07, 6.45) is 7.93. The number of halogens is 1. The number of pyridine rings is 1. The molecule has 11 nitrogen and oxygen atoms in total. The predicted molar refractivity (Wildman–Crippen MR) is 162 cm³/mol. The van der Waals surface area contributed by atoms with E-state index in [1.54, 1.807) is 36.7 Å². The van der Waals surface area contributed by atoms with Crippen LogP contribution in [0.15, 0.2) is 53.7 Å². The van der Waals surface area contributed by atoms with Gasteiger partial charge in [0.25, 0.3) is 10.0 Å². The summed E-state index contributed by atoms with van der Waals surface area (Å²) in [5.41, 5.74) is 1.25. The summed E-state index contributed by atoms with van der Waals surface area (Å²) in [4.78, 5) is 25.3. The zero-order chi connectivity index (χ0) is 30.3. The SMILES string of the molecule is COc1nc(NS(=O)(=O)c2ccccc2Cl)ccc1CCc1cnc(NC2CCC(NC(=O)OC(C)(C)C)CC2)nc1. The maximum Gasteiger partial charge on any atom is 0.407 e. The molecule has 2 aromatic heterocycles. The number of ether oxygens (including phenoxy) is 2. The Morgan fingerprint density at radius 1 is 1.00 bits per heavy atom. The Bertz CT molecular complexity index is 1470. The van der Waals surface area contributed by atoms with Crippen LogP contribution in [0.25, 0.3) is 0 Å². The van der Waals surface area contributed by atoms with Crippen LogP contribution in [0, 0.1) is 0 Å². The summed E-state index contributed by atoms with van der Waals surface area (Å²) in [6, 6.07) is 9.90. The lowest BCUT2D eigenvalue weighted by atomic mass is 9.91. The lowest BCUT2D eigenvalue weighted by Gasteiger charge is -2.30. The van der Waals surface area contributed by atoms with Gasteiger partial charge in [-0.1, -0.05) is 23.7 Å². The Hall–Kier alpha value is -3.64. The third-order valence-corrected chi connectivity index (χ3v) is 8.52. The van der Waals surface area contributed by atoms with E-state index in [2.05, 4.69) is 30.3 Å². The van der Waals surface area contributed by atoms with Crippen LogP contribution in [0.4, 0.5) is 16.6 Å². The van der Waals surface area contributed by atoms with Gasteiger partial charge in [0.15, 0.2) is 0 Å². The number of benzene rings is 1. The fourth-order valence-corrected chi connectivity index (χ4v) is 6.15. The van der Waals surface area contributed by atoms with Gasteiger partial charge in [-0.3, -0.25) is 4.72 Å². The molecule has 2 heterocycles. The van der Waals surface area contributed by atoms with Gasteiger partial charge in [-0.2, -0.15) is 4.98 Å². The van der Waals surface area contributed by atoms with Crippen LogP contribution in [0.5, 0.6) is 5.88 Å². The van der Waals surface area contributed by atoms with Crippen molar-refractivity contribution in [3.63, 3.8) is 0 Å². The van der Waals surface area contributed by atoms with E-state index in [0.717, 1.165) is 36.8 Å². The molecule has 0 saturated heterocycles. The third-order valence-electron chi connectivity index (χ3n) is 6.67. The van der Waals surface area contributed by atoms with Crippen LogP contribution in [0.2, 0.25) is 5.02 Å². The van der Waals surface area contributed by atoms with Gasteiger partial charge in [0.05, 0.1) is 12.1 Å². The molecule has 226 valence electrons. The lowest BCUT2D eigenvalue weighted by molar-refractivity contribution is 0.0492. The first-order valence-corrected chi connectivity index (χ1v) is 15.7. The minimum absolute atomic E-state index is 0.0302. The first-order chi connectivity index (χ1) is 19.9. The van der Waals surface area contributed by atoms with Crippen LogP contribution in [0.3, 0.4) is 0 Å². The number of rotatable bonds is 10. The number of hydrogen-bond donors (Lipinski definition) is 3. The van der Waals surface area contributed by atoms with Gasteiger partial charge in [-0.05, 0) is 89.1 Å². The smallest absolute Gasteiger partial charge is 0.407 e. The Morgan fingerprint density at radius 2 is 1.67 bits per heavy atom. The van der Waals surface area contributed by atoms with Crippen molar-refractivity contribution in [3.8, 4) is 5.88 Å². The van der Waals surface area contributed by atoms with Crippen molar-refractivity contribution >= 4 is 39.5 Å². The molecule has 0 radical (unpaired) electrons. The number of nitrogens with zero attached hydrogens (tertiary/aromatic N) is 3. The number of amides is 1. The monoisotopic (exact) mass is 616 g/mol. The number of hydrogen-bond acceptors (Lipinski definition) is 9. The molecule has 1 saturated carbocycles. The van der Waals surface area contributed by atoms with Gasteiger partial charge < -0.3 is 20.1 Å². The molecule has 0 atom stereocenters. The fraction of sp³-hybridized carbons (Fsp3) is 0.448. The molecule has 1 aliphatic rings. The summed E-state index contributed by atoms with van der Waals surface area (Å²) in [7, 11) is -2.42. The maximum absolute atomic E-state index is 12.8. The van der Waals surface area contributed by atoms with E-state index in [4.69, 9.17) is 21.1 Å². The second kappa shape index (κ2) is 13.6. The minimum atomic E-state index is -3.91. The van der Waals surface area contributed by atoms with E-state index < -0.39 is 15.6 Å². The van der Waals surface area contributed by atoms with E-state index in [1.807, 2.05) is 20.8 Å². The molecule has 1 amide bonds. The largest absolute Gasteiger partial charge is 0.481 e. The molecule has 3 N–H and O–H groups in total. The summed E-state index contributed by atoms with van der Waals surface area (Å²) in [6.45, 7) is 5.55. The van der Waals surface area contributed by atoms with Crippen molar-refractivity contribution in [2.24, 2.45) is 0 Å². The Balaban J connectivity index is 1.27. The second-order valence-corrected chi connectivity index (χ2v) is 13.2. The average molecular weight is 617 g/mol. The second-order valence-electron chi connectivity index (χ2n) is 11.2. The number of methoxy groups -OCH3 is 1. The number of nitrogens with one attached hydrogen (secondary N) is 3. The summed E-state index contributed by atoms with van der Waals surface area (Å²) < 4.78 is 38.7. The summed E-state index contributed by atoms with van der Waals surface area (Å²) >= 11 is 6.06. The number of carbonyl (C=O) groups excluding carboxylic acids is 1. The molecule has 1 aromatic carbocycles. The van der Waals surface area contributed by atoms with Gasteiger partial charge in [-0.15, -0.1) is 0 Å². The Labute approximate surface area is 251 Å². The normalized spacial score (nSPS) is 17.3. The van der Waals surface area contributed by atoms with Crippen LogP contribution in [0.1, 0.15) is 57.6 Å². The molecular formula is C29H37ClN6O5S. The minimum Gasteiger partial charge on any atom is -0.481 e. The summed E-state index contributed by atoms with van der Waals surface area (Å²) in [5.74, 6) is 1.02. The van der Waals surface area contributed by atoms with Crippen molar-refractivity contribution in [1.82, 2.24) is 20.3 Å². The zero-order valence-electron chi connectivity index (χ0n) is 24.2. The fourth-order valence-electron chi connectivity index (χ4n) is 4.62. The highest BCUT2D eigenvalue weighted by Crippen LogP contribution is 2.26. The van der Waals surface area contributed by atoms with Crippen LogP contribution < -0.4 is 20.1 Å². The van der Waals surface area contributed by atoms with E-state index in [9.17, 15) is 13.2 Å². The molecule has 42 heavy (non-hydrogen) atoms. The van der Waals surface area contributed by atoms with Crippen molar-refractivity contribution in [2.45, 2.75) is 81.9 Å². The highest BCUT2D eigenvalue weighted by Gasteiger charge is 2.25. The highest BCUT2D eigenvalue weighted by molar-refractivity contribution is 7.92.